The van der Waals surface area contributed by atoms with Gasteiger partial charge in [-0.05, 0) is 29.5 Å². The molecular weight excluding hydrogens is 464 g/mol. The maximum Gasteiger partial charge on any atom is 0.322 e. The number of nitrogens with two attached hydrogens (primary N) is 1. The molecule has 12 heteroatoms. The second-order valence-corrected chi connectivity index (χ2v) is 9.59. The van der Waals surface area contributed by atoms with Gasteiger partial charge in [0.05, 0.1) is 5.88 Å². The van der Waals surface area contributed by atoms with Gasteiger partial charge in [0.1, 0.15) is 18.6 Å². The van der Waals surface area contributed by atoms with E-state index >= 15 is 0 Å². The molecule has 0 fully saturated rings. The highest BCUT2D eigenvalue weighted by molar-refractivity contribution is 7.99. The third-order valence-electron chi connectivity index (χ3n) is 4.70. The molecule has 188 valence electrons. The second-order valence-electron chi connectivity index (χ2n) is 8.56. The highest BCUT2D eigenvalue weighted by Gasteiger charge is 2.22. The number of benzene rings is 1. The SMILES string of the molecule is CC(C)(C)c1ccc(C(=O)NCSC[C@@H](NC(=O)CC[C@@H](N)C(=O)O)C(=O)NCC(=O)O)cc1. The van der Waals surface area contributed by atoms with Gasteiger partial charge >= 0.3 is 11.9 Å². The highest BCUT2D eigenvalue weighted by Crippen LogP contribution is 2.22. The zero-order valence-corrected chi connectivity index (χ0v) is 20.2. The van der Waals surface area contributed by atoms with Gasteiger partial charge in [0.15, 0.2) is 0 Å². The normalized spacial score (nSPS) is 12.8. The van der Waals surface area contributed by atoms with Gasteiger partial charge in [-0.25, -0.2) is 0 Å². The number of amides is 3. The molecule has 11 nitrogen and oxygen atoms in total. The predicted octanol–water partition coefficient (Wildman–Crippen LogP) is 0.282. The lowest BCUT2D eigenvalue weighted by Gasteiger charge is -2.19. The van der Waals surface area contributed by atoms with Crippen molar-refractivity contribution < 1.29 is 34.2 Å². The van der Waals surface area contributed by atoms with Crippen LogP contribution in [-0.4, -0.2) is 70.1 Å². The zero-order chi connectivity index (χ0) is 25.9. The fourth-order valence-electron chi connectivity index (χ4n) is 2.66. The standard InChI is InChI=1S/C22H32N4O7S/c1-22(2,3)14-6-4-13(5-7-14)19(30)25-12-34-11-16(20(31)24-10-18(28)29)26-17(27)9-8-15(23)21(32)33/h4-7,15-16H,8-12,23H2,1-3H3,(H,24,31)(H,25,30)(H,26,27)(H,28,29)(H,32,33)/t15-,16-/m1/s1. The Morgan fingerprint density at radius 3 is 2.18 bits per heavy atom. The van der Waals surface area contributed by atoms with E-state index in [-0.39, 0.29) is 35.8 Å². The van der Waals surface area contributed by atoms with Crippen LogP contribution >= 0.6 is 11.8 Å². The Hall–Kier alpha value is -3.12. The van der Waals surface area contributed by atoms with Crippen LogP contribution in [0.3, 0.4) is 0 Å². The first kappa shape index (κ1) is 28.9. The molecule has 1 aromatic carbocycles. The molecule has 0 radical (unpaired) electrons. The maximum atomic E-state index is 12.3. The van der Waals surface area contributed by atoms with Gasteiger partial charge in [-0.3, -0.25) is 24.0 Å². The van der Waals surface area contributed by atoms with Crippen molar-refractivity contribution in [3.63, 3.8) is 0 Å². The molecule has 0 saturated heterocycles. The third kappa shape index (κ3) is 10.7. The van der Waals surface area contributed by atoms with Crippen molar-refractivity contribution in [2.24, 2.45) is 5.73 Å². The molecule has 7 N–H and O–H groups in total. The molecule has 0 bridgehead atoms. The second kappa shape index (κ2) is 13.6. The van der Waals surface area contributed by atoms with E-state index in [0.717, 1.165) is 17.3 Å². The number of hydrogen-bond donors (Lipinski definition) is 6. The number of hydrogen-bond acceptors (Lipinski definition) is 7. The van der Waals surface area contributed by atoms with Crippen LogP contribution in [0.25, 0.3) is 0 Å². The summed E-state index contributed by atoms with van der Waals surface area (Å²) in [6, 6.07) is 4.93. The molecular formula is C22H32N4O7S. The van der Waals surface area contributed by atoms with Gasteiger partial charge in [0.25, 0.3) is 5.91 Å². The monoisotopic (exact) mass is 496 g/mol. The quantitative estimate of drug-likeness (QED) is 0.165. The minimum absolute atomic E-state index is 0.0375. The summed E-state index contributed by atoms with van der Waals surface area (Å²) in [5.74, 6) is -3.92. The summed E-state index contributed by atoms with van der Waals surface area (Å²) >= 11 is 1.15. The molecule has 34 heavy (non-hydrogen) atoms. The number of carbonyl (C=O) groups excluding carboxylic acids is 3. The Balaban J connectivity index is 2.61. The van der Waals surface area contributed by atoms with Crippen molar-refractivity contribution in [3.05, 3.63) is 35.4 Å². The van der Waals surface area contributed by atoms with Crippen LogP contribution < -0.4 is 21.7 Å². The Morgan fingerprint density at radius 1 is 1.03 bits per heavy atom. The van der Waals surface area contributed by atoms with Crippen LogP contribution in [0.15, 0.2) is 24.3 Å². The number of carboxylic acids is 2. The average Bonchev–Trinajstić information content (AvgIpc) is 2.76. The average molecular weight is 497 g/mol. The van der Waals surface area contributed by atoms with Gasteiger partial charge in [0.2, 0.25) is 11.8 Å². The fraction of sp³-hybridized carbons (Fsp3) is 0.500. The molecule has 0 heterocycles. The lowest BCUT2D eigenvalue weighted by Crippen LogP contribution is -2.49. The van der Waals surface area contributed by atoms with Crippen molar-refractivity contribution in [1.82, 2.24) is 16.0 Å². The van der Waals surface area contributed by atoms with E-state index in [1.807, 2.05) is 12.1 Å². The smallest absolute Gasteiger partial charge is 0.322 e. The third-order valence-corrected chi connectivity index (χ3v) is 5.62. The van der Waals surface area contributed by atoms with Crippen molar-refractivity contribution in [1.29, 1.82) is 0 Å². The minimum Gasteiger partial charge on any atom is -0.480 e. The van der Waals surface area contributed by atoms with E-state index in [9.17, 15) is 24.0 Å². The molecule has 0 aliphatic heterocycles. The van der Waals surface area contributed by atoms with Crippen LogP contribution in [0.1, 0.15) is 49.5 Å². The lowest BCUT2D eigenvalue weighted by molar-refractivity contribution is -0.139. The summed E-state index contributed by atoms with van der Waals surface area (Å²) in [5.41, 5.74) is 6.90. The molecule has 2 atom stereocenters. The van der Waals surface area contributed by atoms with Gasteiger partial charge in [0, 0.05) is 17.7 Å². The molecule has 0 unspecified atom stereocenters. The first-order valence-corrected chi connectivity index (χ1v) is 11.7. The molecule has 3 amide bonds. The number of thioether (sulfide) groups is 1. The van der Waals surface area contributed by atoms with Crippen LogP contribution in [-0.2, 0) is 24.6 Å². The summed E-state index contributed by atoms with van der Waals surface area (Å²) in [7, 11) is 0. The Bertz CT molecular complexity index is 884. The molecule has 1 rings (SSSR count). The first-order valence-electron chi connectivity index (χ1n) is 10.5. The number of carbonyl (C=O) groups is 5. The maximum absolute atomic E-state index is 12.3. The number of nitrogens with one attached hydrogen (secondary N) is 3. The summed E-state index contributed by atoms with van der Waals surface area (Å²) in [4.78, 5) is 58.2. The van der Waals surface area contributed by atoms with E-state index in [1.165, 1.54) is 0 Å². The molecule has 0 saturated carbocycles. The van der Waals surface area contributed by atoms with E-state index in [2.05, 4.69) is 36.7 Å². The highest BCUT2D eigenvalue weighted by atomic mass is 32.2. The van der Waals surface area contributed by atoms with E-state index in [0.29, 0.717) is 5.56 Å². The molecule has 0 spiro atoms. The topological polar surface area (TPSA) is 188 Å². The Labute approximate surface area is 202 Å². The Kier molecular flexibility index (Phi) is 11.5. The lowest BCUT2D eigenvalue weighted by atomic mass is 9.87. The summed E-state index contributed by atoms with van der Waals surface area (Å²) < 4.78 is 0. The molecule has 1 aromatic rings. The molecule has 0 aliphatic rings. The van der Waals surface area contributed by atoms with Crippen molar-refractivity contribution in [3.8, 4) is 0 Å². The van der Waals surface area contributed by atoms with Crippen molar-refractivity contribution in [2.75, 3.05) is 18.2 Å². The first-order chi connectivity index (χ1) is 15.8. The number of carboxylic acid groups (broad SMARTS) is 2. The molecule has 0 aliphatic carbocycles. The van der Waals surface area contributed by atoms with E-state index in [4.69, 9.17) is 15.9 Å². The summed E-state index contributed by atoms with van der Waals surface area (Å²) in [6.45, 7) is 5.59. The van der Waals surface area contributed by atoms with Gasteiger partial charge < -0.3 is 31.9 Å². The summed E-state index contributed by atoms with van der Waals surface area (Å²) in [6.07, 6.45) is -0.343. The van der Waals surface area contributed by atoms with Crippen LogP contribution in [0.5, 0.6) is 0 Å². The van der Waals surface area contributed by atoms with Crippen molar-refractivity contribution >= 4 is 41.4 Å². The predicted molar refractivity (Wildman–Crippen MR) is 127 cm³/mol. The largest absolute Gasteiger partial charge is 0.480 e. The van der Waals surface area contributed by atoms with Gasteiger partial charge in [-0.2, -0.15) is 0 Å². The van der Waals surface area contributed by atoms with E-state index < -0.39 is 42.4 Å². The van der Waals surface area contributed by atoms with Crippen LogP contribution in [0.2, 0.25) is 0 Å². The van der Waals surface area contributed by atoms with Crippen LogP contribution in [0, 0.1) is 0 Å². The zero-order valence-electron chi connectivity index (χ0n) is 19.4. The number of aliphatic carboxylic acids is 2. The van der Waals surface area contributed by atoms with Gasteiger partial charge in [-0.1, -0.05) is 32.9 Å². The van der Waals surface area contributed by atoms with Crippen molar-refractivity contribution in [2.45, 2.75) is 51.1 Å². The Morgan fingerprint density at radius 2 is 1.65 bits per heavy atom. The van der Waals surface area contributed by atoms with Crippen LogP contribution in [0.4, 0.5) is 0 Å². The van der Waals surface area contributed by atoms with E-state index in [1.54, 1.807) is 12.1 Å². The summed E-state index contributed by atoms with van der Waals surface area (Å²) in [5, 5.41) is 24.9. The fourth-order valence-corrected chi connectivity index (χ4v) is 3.48. The molecule has 0 aromatic heterocycles. The van der Waals surface area contributed by atoms with Gasteiger partial charge in [-0.15, -0.1) is 11.8 Å². The minimum atomic E-state index is -1.25. The number of rotatable bonds is 13.